The predicted octanol–water partition coefficient (Wildman–Crippen LogP) is 3.14. The van der Waals surface area contributed by atoms with E-state index in [9.17, 15) is 9.59 Å². The third-order valence-electron chi connectivity index (χ3n) is 4.92. The minimum absolute atomic E-state index is 0.0817. The number of ether oxygens (including phenoxy) is 1. The summed E-state index contributed by atoms with van der Waals surface area (Å²) in [5.74, 6) is -0.0817. The summed E-state index contributed by atoms with van der Waals surface area (Å²) < 4.78 is 8.51. The second-order valence-electron chi connectivity index (χ2n) is 8.12. The van der Waals surface area contributed by atoms with Crippen LogP contribution in [0.5, 0.6) is 0 Å². The van der Waals surface area contributed by atoms with Crippen LogP contribution in [0.2, 0.25) is 0 Å². The van der Waals surface area contributed by atoms with E-state index >= 15 is 0 Å². The summed E-state index contributed by atoms with van der Waals surface area (Å²) in [5.41, 5.74) is 3.12. The first kappa shape index (κ1) is 19.0. The molecule has 0 aliphatic carbocycles. The average Bonchev–Trinajstić information content (AvgIpc) is 2.88. The smallest absolute Gasteiger partial charge is 0.410 e. The lowest BCUT2D eigenvalue weighted by Gasteiger charge is -2.36. The van der Waals surface area contributed by atoms with E-state index in [0.717, 1.165) is 27.1 Å². The van der Waals surface area contributed by atoms with Gasteiger partial charge in [0.05, 0.1) is 29.5 Å². The highest BCUT2D eigenvalue weighted by Gasteiger charge is 2.40. The van der Waals surface area contributed by atoms with Gasteiger partial charge >= 0.3 is 6.09 Å². The highest BCUT2D eigenvalue weighted by atomic mass is 79.9. The fourth-order valence-electron chi connectivity index (χ4n) is 3.78. The van der Waals surface area contributed by atoms with Gasteiger partial charge in [0, 0.05) is 29.5 Å². The van der Waals surface area contributed by atoms with Crippen LogP contribution in [0.3, 0.4) is 0 Å². The summed E-state index contributed by atoms with van der Waals surface area (Å²) in [4.78, 5) is 26.7. The Morgan fingerprint density at radius 3 is 2.68 bits per heavy atom. The van der Waals surface area contributed by atoms with Gasteiger partial charge in [-0.2, -0.15) is 5.10 Å². The van der Waals surface area contributed by atoms with E-state index in [4.69, 9.17) is 9.84 Å². The maximum Gasteiger partial charge on any atom is 0.410 e. The molecule has 2 amide bonds. The molecule has 1 atom stereocenters. The van der Waals surface area contributed by atoms with Crippen molar-refractivity contribution >= 4 is 27.9 Å². The van der Waals surface area contributed by atoms with E-state index < -0.39 is 5.60 Å². The number of amides is 2. The molecule has 3 heterocycles. The first-order valence-electron chi connectivity index (χ1n) is 9.36. The molecule has 0 bridgehead atoms. The Bertz CT molecular complexity index is 930. The van der Waals surface area contributed by atoms with Gasteiger partial charge in [-0.15, -0.1) is 0 Å². The number of hydrogen-bond acceptors (Lipinski definition) is 4. The van der Waals surface area contributed by atoms with Gasteiger partial charge in [0.15, 0.2) is 0 Å². The van der Waals surface area contributed by atoms with Crippen LogP contribution < -0.4 is 5.32 Å². The number of hydrogen-bond donors (Lipinski definition) is 1. The second-order valence-corrected chi connectivity index (χ2v) is 9.03. The predicted molar refractivity (Wildman–Crippen MR) is 107 cm³/mol. The van der Waals surface area contributed by atoms with Crippen LogP contribution in [0, 0.1) is 0 Å². The highest BCUT2D eigenvalue weighted by Crippen LogP contribution is 2.36. The number of benzene rings is 1. The maximum absolute atomic E-state index is 12.8. The van der Waals surface area contributed by atoms with E-state index in [-0.39, 0.29) is 24.5 Å². The molecular formula is C20H23BrN4O3. The minimum Gasteiger partial charge on any atom is -0.444 e. The molecule has 0 spiro atoms. The minimum atomic E-state index is -0.574. The molecule has 7 nitrogen and oxygen atoms in total. The van der Waals surface area contributed by atoms with E-state index in [1.165, 1.54) is 0 Å². The Morgan fingerprint density at radius 1 is 1.29 bits per heavy atom. The van der Waals surface area contributed by atoms with Gasteiger partial charge in [-0.3, -0.25) is 9.69 Å². The molecule has 8 heteroatoms. The molecule has 0 saturated heterocycles. The molecule has 0 saturated carbocycles. The molecule has 148 valence electrons. The number of aromatic nitrogens is 2. The first-order chi connectivity index (χ1) is 13.2. The number of nitrogens with zero attached hydrogens (tertiary/aromatic N) is 3. The lowest BCUT2D eigenvalue weighted by molar-refractivity contribution is -0.120. The Kier molecular flexibility index (Phi) is 4.69. The van der Waals surface area contributed by atoms with Gasteiger partial charge < -0.3 is 10.1 Å². The molecule has 4 rings (SSSR count). The number of nitrogens with one attached hydrogen (secondary N) is 1. The van der Waals surface area contributed by atoms with Crippen LogP contribution in [-0.2, 0) is 22.4 Å². The summed E-state index contributed by atoms with van der Waals surface area (Å²) in [7, 11) is 0. The Hall–Kier alpha value is -2.35. The van der Waals surface area contributed by atoms with Crippen LogP contribution in [0.4, 0.5) is 4.79 Å². The van der Waals surface area contributed by atoms with Crippen molar-refractivity contribution in [3.63, 3.8) is 0 Å². The average molecular weight is 447 g/mol. The molecular weight excluding hydrogens is 424 g/mol. The molecule has 2 aromatic rings. The molecule has 1 N–H and O–H groups in total. The molecule has 0 radical (unpaired) electrons. The van der Waals surface area contributed by atoms with Crippen LogP contribution in [0.15, 0.2) is 28.7 Å². The molecule has 2 aliphatic heterocycles. The fourth-order valence-corrected chi connectivity index (χ4v) is 4.05. The lowest BCUT2D eigenvalue weighted by Crippen LogP contribution is -2.46. The topological polar surface area (TPSA) is 76.5 Å². The van der Waals surface area contributed by atoms with Crippen molar-refractivity contribution in [2.75, 3.05) is 13.1 Å². The Balaban J connectivity index is 1.76. The Morgan fingerprint density at radius 2 is 2.00 bits per heavy atom. The van der Waals surface area contributed by atoms with Crippen molar-refractivity contribution in [3.05, 3.63) is 45.7 Å². The van der Waals surface area contributed by atoms with Crippen molar-refractivity contribution in [2.24, 2.45) is 0 Å². The second kappa shape index (κ2) is 6.92. The molecule has 1 aromatic heterocycles. The third kappa shape index (κ3) is 3.53. The highest BCUT2D eigenvalue weighted by molar-refractivity contribution is 9.10. The van der Waals surface area contributed by atoms with Crippen molar-refractivity contribution in [3.8, 4) is 5.69 Å². The van der Waals surface area contributed by atoms with Crippen LogP contribution in [-0.4, -0.2) is 45.4 Å². The lowest BCUT2D eigenvalue weighted by atomic mass is 9.96. The van der Waals surface area contributed by atoms with Gasteiger partial charge in [0.1, 0.15) is 5.60 Å². The van der Waals surface area contributed by atoms with E-state index in [0.29, 0.717) is 19.5 Å². The SMILES string of the molecule is CC(C)(C)OC(=O)N1CCc2c3c(nn2-c2ccc(Br)cc2)CC(=O)NCC31. The summed E-state index contributed by atoms with van der Waals surface area (Å²) in [6.07, 6.45) is 0.508. The van der Waals surface area contributed by atoms with E-state index in [1.807, 2.05) is 49.7 Å². The van der Waals surface area contributed by atoms with Crippen LogP contribution in [0.1, 0.15) is 43.8 Å². The molecule has 28 heavy (non-hydrogen) atoms. The zero-order valence-corrected chi connectivity index (χ0v) is 17.7. The van der Waals surface area contributed by atoms with Crippen molar-refractivity contribution in [1.29, 1.82) is 0 Å². The van der Waals surface area contributed by atoms with E-state index in [2.05, 4.69) is 21.2 Å². The van der Waals surface area contributed by atoms with Crippen molar-refractivity contribution in [2.45, 2.75) is 45.3 Å². The summed E-state index contributed by atoms with van der Waals surface area (Å²) in [6.45, 7) is 6.44. The molecule has 2 aliphatic rings. The number of rotatable bonds is 1. The van der Waals surface area contributed by atoms with Gasteiger partial charge in [0.2, 0.25) is 5.91 Å². The summed E-state index contributed by atoms with van der Waals surface area (Å²) >= 11 is 3.46. The molecule has 1 aromatic carbocycles. The number of carbonyl (C=O) groups excluding carboxylic acids is 2. The molecule has 0 fully saturated rings. The largest absolute Gasteiger partial charge is 0.444 e. The fraction of sp³-hybridized carbons (Fsp3) is 0.450. The molecule has 1 unspecified atom stereocenters. The van der Waals surface area contributed by atoms with E-state index in [1.54, 1.807) is 4.90 Å². The first-order valence-corrected chi connectivity index (χ1v) is 10.1. The number of carbonyl (C=O) groups is 2. The maximum atomic E-state index is 12.8. The van der Waals surface area contributed by atoms with Crippen molar-refractivity contribution < 1.29 is 14.3 Å². The van der Waals surface area contributed by atoms with Gasteiger partial charge in [-0.05, 0) is 45.0 Å². The normalized spacial score (nSPS) is 18.9. The van der Waals surface area contributed by atoms with Crippen molar-refractivity contribution in [1.82, 2.24) is 20.0 Å². The van der Waals surface area contributed by atoms with Gasteiger partial charge in [0.25, 0.3) is 0 Å². The quantitative estimate of drug-likeness (QED) is 0.729. The Labute approximate surface area is 172 Å². The number of halogens is 1. The zero-order valence-electron chi connectivity index (χ0n) is 16.2. The monoisotopic (exact) mass is 446 g/mol. The van der Waals surface area contributed by atoms with Crippen LogP contribution in [0.25, 0.3) is 5.69 Å². The van der Waals surface area contributed by atoms with Gasteiger partial charge in [-0.1, -0.05) is 15.9 Å². The summed E-state index contributed by atoms with van der Waals surface area (Å²) in [6, 6.07) is 7.64. The standard InChI is InChI=1S/C20H23BrN4O3/c1-20(2,3)28-19(27)24-9-8-15-18-14(10-17(26)22-11-16(18)24)23-25(15)13-6-4-12(21)5-7-13/h4-7,16H,8-11H2,1-3H3,(H,22,26). The van der Waals surface area contributed by atoms with Gasteiger partial charge in [-0.25, -0.2) is 9.48 Å². The van der Waals surface area contributed by atoms with Crippen LogP contribution >= 0.6 is 15.9 Å². The zero-order chi connectivity index (χ0) is 20.1. The summed E-state index contributed by atoms with van der Waals surface area (Å²) in [5, 5.41) is 7.66. The third-order valence-corrected chi connectivity index (χ3v) is 5.45.